The number of nitrogens with zero attached hydrogens (tertiary/aromatic N) is 2. The van der Waals surface area contributed by atoms with Gasteiger partial charge in [0.25, 0.3) is 10.0 Å². The van der Waals surface area contributed by atoms with E-state index < -0.39 is 40.2 Å². The van der Waals surface area contributed by atoms with Crippen LogP contribution in [-0.2, 0) is 32.6 Å². The van der Waals surface area contributed by atoms with E-state index in [9.17, 15) is 22.4 Å². The van der Waals surface area contributed by atoms with Gasteiger partial charge in [0.1, 0.15) is 18.4 Å². The van der Waals surface area contributed by atoms with E-state index in [-0.39, 0.29) is 39.6 Å². The van der Waals surface area contributed by atoms with Crippen molar-refractivity contribution in [3.05, 3.63) is 130 Å². The molecule has 4 aromatic rings. The molecule has 1 atom stereocenters. The first-order valence-corrected chi connectivity index (χ1v) is 16.5. The summed E-state index contributed by atoms with van der Waals surface area (Å²) in [5, 5.41) is 3.48. The van der Waals surface area contributed by atoms with Gasteiger partial charge in [0.05, 0.1) is 10.6 Å². The summed E-state index contributed by atoms with van der Waals surface area (Å²) < 4.78 is 42.7. The van der Waals surface area contributed by atoms with Crippen molar-refractivity contribution in [3.8, 4) is 0 Å². The fourth-order valence-electron chi connectivity index (χ4n) is 4.76. The lowest BCUT2D eigenvalue weighted by Crippen LogP contribution is -2.54. The maximum absolute atomic E-state index is 14.5. The van der Waals surface area contributed by atoms with Crippen molar-refractivity contribution in [2.24, 2.45) is 0 Å². The van der Waals surface area contributed by atoms with Gasteiger partial charge in [-0.05, 0) is 74.9 Å². The Bertz CT molecular complexity index is 1720. The van der Waals surface area contributed by atoms with Gasteiger partial charge in [0.15, 0.2) is 0 Å². The Kier molecular flexibility index (Phi) is 11.3. The van der Waals surface area contributed by atoms with Crippen molar-refractivity contribution < 1.29 is 22.4 Å². The molecule has 0 aromatic heterocycles. The zero-order valence-corrected chi connectivity index (χ0v) is 27.4. The van der Waals surface area contributed by atoms with E-state index in [0.29, 0.717) is 5.56 Å². The van der Waals surface area contributed by atoms with E-state index >= 15 is 0 Å². The van der Waals surface area contributed by atoms with Gasteiger partial charge in [0.2, 0.25) is 11.8 Å². The highest BCUT2D eigenvalue weighted by atomic mass is 35.5. The average Bonchev–Trinajstić information content (AvgIpc) is 2.99. The molecule has 7 nitrogen and oxygen atoms in total. The molecule has 0 saturated carbocycles. The van der Waals surface area contributed by atoms with Crippen LogP contribution >= 0.6 is 23.2 Å². The van der Waals surface area contributed by atoms with Crippen molar-refractivity contribution in [1.82, 2.24) is 10.2 Å². The molecule has 236 valence electrons. The topological polar surface area (TPSA) is 86.8 Å². The van der Waals surface area contributed by atoms with E-state index in [0.717, 1.165) is 39.7 Å². The van der Waals surface area contributed by atoms with Gasteiger partial charge in [-0.1, -0.05) is 77.3 Å². The van der Waals surface area contributed by atoms with Gasteiger partial charge in [-0.15, -0.1) is 0 Å². The minimum absolute atomic E-state index is 0.141. The second kappa shape index (κ2) is 14.9. The molecule has 0 aliphatic rings. The van der Waals surface area contributed by atoms with Crippen LogP contribution in [0.15, 0.2) is 102 Å². The Balaban J connectivity index is 1.83. The maximum Gasteiger partial charge on any atom is 0.264 e. The summed E-state index contributed by atoms with van der Waals surface area (Å²) in [6, 6.07) is 23.8. The molecular formula is C34H34Cl2FN3O4S. The van der Waals surface area contributed by atoms with Gasteiger partial charge < -0.3 is 10.2 Å². The highest BCUT2D eigenvalue weighted by Crippen LogP contribution is 2.29. The van der Waals surface area contributed by atoms with Gasteiger partial charge in [-0.2, -0.15) is 0 Å². The molecule has 0 bridgehead atoms. The molecule has 2 amide bonds. The number of hydrogen-bond acceptors (Lipinski definition) is 4. The first-order valence-electron chi connectivity index (χ1n) is 14.3. The van der Waals surface area contributed by atoms with Crippen LogP contribution in [0.1, 0.15) is 30.5 Å². The Morgan fingerprint density at radius 1 is 0.844 bits per heavy atom. The minimum atomic E-state index is -4.36. The molecule has 4 aromatic carbocycles. The molecule has 0 unspecified atom stereocenters. The van der Waals surface area contributed by atoms with E-state index in [1.807, 2.05) is 51.1 Å². The van der Waals surface area contributed by atoms with Crippen LogP contribution in [0.3, 0.4) is 0 Å². The normalized spacial score (nSPS) is 12.1. The number of halogens is 3. The second-order valence-corrected chi connectivity index (χ2v) is 13.6. The number of nitrogens with one attached hydrogen (secondary N) is 1. The largest absolute Gasteiger partial charge is 0.352 e. The fourth-order valence-corrected chi connectivity index (χ4v) is 6.69. The first kappa shape index (κ1) is 34.0. The molecule has 0 aliphatic carbocycles. The maximum atomic E-state index is 14.5. The second-order valence-electron chi connectivity index (χ2n) is 10.9. The van der Waals surface area contributed by atoms with Crippen molar-refractivity contribution in [3.63, 3.8) is 0 Å². The van der Waals surface area contributed by atoms with Crippen molar-refractivity contribution in [2.45, 2.75) is 50.7 Å². The van der Waals surface area contributed by atoms with Gasteiger partial charge >= 0.3 is 0 Å². The lowest BCUT2D eigenvalue weighted by atomic mass is 10.0. The number of aryl methyl sites for hydroxylation is 1. The van der Waals surface area contributed by atoms with E-state index in [1.165, 1.54) is 4.90 Å². The number of carbonyl (C=O) groups excluding carboxylic acids is 2. The van der Waals surface area contributed by atoms with Crippen LogP contribution in [0.5, 0.6) is 0 Å². The van der Waals surface area contributed by atoms with E-state index in [2.05, 4.69) is 5.32 Å². The molecule has 1 N–H and O–H groups in total. The molecule has 0 aliphatic heterocycles. The van der Waals surface area contributed by atoms with Crippen LogP contribution in [0.25, 0.3) is 0 Å². The molecular weight excluding hydrogens is 636 g/mol. The standard InChI is InChI=1S/C34H34Cl2FN3O4S/c1-23(2)38-34(42)32(20-25-8-5-4-6-9-25)39(21-29-30(35)10-7-11-31(29)36)33(41)22-40(27-16-12-24(3)13-17-27)45(43,44)28-18-14-26(37)15-19-28/h4-19,23,32H,20-22H2,1-3H3,(H,38,42)/t32-/m1/s1. The molecule has 45 heavy (non-hydrogen) atoms. The number of carbonyl (C=O) groups is 2. The molecule has 0 spiro atoms. The van der Waals surface area contributed by atoms with Crippen LogP contribution < -0.4 is 9.62 Å². The fraction of sp³-hybridized carbons (Fsp3) is 0.235. The third kappa shape index (κ3) is 8.63. The summed E-state index contributed by atoms with van der Waals surface area (Å²) in [5.74, 6) is -1.69. The quantitative estimate of drug-likeness (QED) is 0.180. The van der Waals surface area contributed by atoms with Gasteiger partial charge in [0, 0.05) is 34.6 Å². The molecule has 0 saturated heterocycles. The van der Waals surface area contributed by atoms with Crippen LogP contribution in [0, 0.1) is 12.7 Å². The Morgan fingerprint density at radius 2 is 1.44 bits per heavy atom. The monoisotopic (exact) mass is 669 g/mol. The summed E-state index contributed by atoms with van der Waals surface area (Å²) in [6.07, 6.45) is 0.141. The predicted octanol–water partition coefficient (Wildman–Crippen LogP) is 6.80. The van der Waals surface area contributed by atoms with Crippen molar-refractivity contribution >= 4 is 50.7 Å². The van der Waals surface area contributed by atoms with Crippen LogP contribution in [0.4, 0.5) is 10.1 Å². The smallest absolute Gasteiger partial charge is 0.264 e. The Hall–Kier alpha value is -3.92. The highest BCUT2D eigenvalue weighted by Gasteiger charge is 2.35. The zero-order valence-electron chi connectivity index (χ0n) is 25.1. The number of amides is 2. The van der Waals surface area contributed by atoms with Gasteiger partial charge in [-0.3, -0.25) is 13.9 Å². The predicted molar refractivity (Wildman–Crippen MR) is 176 cm³/mol. The van der Waals surface area contributed by atoms with Gasteiger partial charge in [-0.25, -0.2) is 12.8 Å². The van der Waals surface area contributed by atoms with Crippen molar-refractivity contribution in [1.29, 1.82) is 0 Å². The lowest BCUT2D eigenvalue weighted by molar-refractivity contribution is -0.140. The summed E-state index contributed by atoms with van der Waals surface area (Å²) in [7, 11) is -4.36. The first-order chi connectivity index (χ1) is 21.4. The number of rotatable bonds is 12. The molecule has 0 heterocycles. The lowest BCUT2D eigenvalue weighted by Gasteiger charge is -2.34. The number of hydrogen-bond donors (Lipinski definition) is 1. The van der Waals surface area contributed by atoms with E-state index in [1.54, 1.807) is 42.5 Å². The summed E-state index contributed by atoms with van der Waals surface area (Å²) in [5.41, 5.74) is 2.30. The molecule has 11 heteroatoms. The Labute approximate surface area is 273 Å². The summed E-state index contributed by atoms with van der Waals surface area (Å²) in [6.45, 7) is 4.64. The number of sulfonamides is 1. The highest BCUT2D eigenvalue weighted by molar-refractivity contribution is 7.92. The third-order valence-electron chi connectivity index (χ3n) is 7.09. The zero-order chi connectivity index (χ0) is 32.7. The van der Waals surface area contributed by atoms with Crippen LogP contribution in [0.2, 0.25) is 10.0 Å². The SMILES string of the molecule is Cc1ccc(N(CC(=O)N(Cc2c(Cl)cccc2Cl)[C@H](Cc2ccccc2)C(=O)NC(C)C)S(=O)(=O)c2ccc(F)cc2)cc1. The minimum Gasteiger partial charge on any atom is -0.352 e. The van der Waals surface area contributed by atoms with Crippen molar-refractivity contribution in [2.75, 3.05) is 10.8 Å². The number of anilines is 1. The average molecular weight is 671 g/mol. The molecule has 4 rings (SSSR count). The molecule has 0 radical (unpaired) electrons. The van der Waals surface area contributed by atoms with Crippen LogP contribution in [-0.4, -0.2) is 43.8 Å². The third-order valence-corrected chi connectivity index (χ3v) is 9.59. The molecule has 0 fully saturated rings. The Morgan fingerprint density at radius 3 is 2.02 bits per heavy atom. The number of benzene rings is 4. The summed E-state index contributed by atoms with van der Waals surface area (Å²) >= 11 is 13.1. The summed E-state index contributed by atoms with van der Waals surface area (Å²) in [4.78, 5) is 29.4. The van der Waals surface area contributed by atoms with E-state index in [4.69, 9.17) is 23.2 Å².